The molecule has 3 aromatic rings. The molecule has 164 valence electrons. The van der Waals surface area contributed by atoms with E-state index in [1.165, 1.54) is 12.1 Å². The van der Waals surface area contributed by atoms with Gasteiger partial charge in [-0.05, 0) is 74.1 Å². The number of aliphatic hydroxyl groups is 1. The molecule has 0 bridgehead atoms. The van der Waals surface area contributed by atoms with E-state index < -0.39 is 5.79 Å². The van der Waals surface area contributed by atoms with Crippen molar-refractivity contribution in [2.24, 2.45) is 0 Å². The third kappa shape index (κ3) is 3.40. The first-order valence-corrected chi connectivity index (χ1v) is 11.9. The zero-order chi connectivity index (χ0) is 22.7. The van der Waals surface area contributed by atoms with Crippen LogP contribution in [0, 0.1) is 5.82 Å². The van der Waals surface area contributed by atoms with E-state index in [0.717, 1.165) is 32.8 Å². The molecule has 0 aromatic heterocycles. The van der Waals surface area contributed by atoms with Gasteiger partial charge in [-0.3, -0.25) is 0 Å². The summed E-state index contributed by atoms with van der Waals surface area (Å²) in [5.41, 5.74) is 5.83. The summed E-state index contributed by atoms with van der Waals surface area (Å²) in [7, 11) is 0. The summed E-state index contributed by atoms with van der Waals surface area (Å²) in [6.07, 6.45) is 4.46. The number of thioether (sulfide) groups is 1. The van der Waals surface area contributed by atoms with Crippen LogP contribution in [-0.4, -0.2) is 16.9 Å². The van der Waals surface area contributed by atoms with Crippen molar-refractivity contribution in [3.8, 4) is 16.9 Å². The molecule has 0 saturated carbocycles. The van der Waals surface area contributed by atoms with Crippen molar-refractivity contribution >= 4 is 23.0 Å². The number of benzene rings is 3. The number of ether oxygens (including phenoxy) is 1. The Labute approximate surface area is 192 Å². The number of anilines is 1. The van der Waals surface area contributed by atoms with Crippen LogP contribution < -0.4 is 10.1 Å². The Morgan fingerprint density at radius 1 is 1.06 bits per heavy atom. The second-order valence-electron chi connectivity index (χ2n) is 9.10. The van der Waals surface area contributed by atoms with Crippen molar-refractivity contribution in [3.63, 3.8) is 0 Å². The lowest BCUT2D eigenvalue weighted by Crippen LogP contribution is -2.41. The predicted octanol–water partition coefficient (Wildman–Crippen LogP) is 6.60. The number of hydrogen-bond donors (Lipinski definition) is 2. The van der Waals surface area contributed by atoms with Crippen molar-refractivity contribution in [2.75, 3.05) is 11.6 Å². The van der Waals surface area contributed by atoms with Gasteiger partial charge in [-0.2, -0.15) is 0 Å². The maximum atomic E-state index is 14.2. The Kier molecular flexibility index (Phi) is 4.88. The SMILES string of the molecule is CSc1ccccc1CC1(O)Oc2ccc(F)cc2-c2ccc3c(c21)C(C)=CC(C)(C)N3. The second kappa shape index (κ2) is 7.39. The summed E-state index contributed by atoms with van der Waals surface area (Å²) in [4.78, 5) is 1.09. The fraction of sp³-hybridized carbons (Fsp3) is 0.259. The van der Waals surface area contributed by atoms with Gasteiger partial charge >= 0.3 is 0 Å². The number of fused-ring (bicyclic) bond motifs is 5. The van der Waals surface area contributed by atoms with Crippen molar-refractivity contribution in [2.45, 2.75) is 43.4 Å². The van der Waals surface area contributed by atoms with Gasteiger partial charge in [-0.15, -0.1) is 11.8 Å². The predicted molar refractivity (Wildman–Crippen MR) is 130 cm³/mol. The summed E-state index contributed by atoms with van der Waals surface area (Å²) >= 11 is 1.64. The third-order valence-corrected chi connectivity index (χ3v) is 7.00. The van der Waals surface area contributed by atoms with Crippen molar-refractivity contribution < 1.29 is 14.2 Å². The summed E-state index contributed by atoms with van der Waals surface area (Å²) in [6.45, 7) is 6.28. The van der Waals surface area contributed by atoms with Gasteiger partial charge in [-0.25, -0.2) is 4.39 Å². The molecule has 2 aliphatic heterocycles. The lowest BCUT2D eigenvalue weighted by atomic mass is 9.79. The van der Waals surface area contributed by atoms with E-state index in [2.05, 4.69) is 32.2 Å². The molecule has 0 spiro atoms. The van der Waals surface area contributed by atoms with Gasteiger partial charge in [0, 0.05) is 33.7 Å². The van der Waals surface area contributed by atoms with Gasteiger partial charge in [-0.1, -0.05) is 30.3 Å². The first-order chi connectivity index (χ1) is 15.2. The highest BCUT2D eigenvalue weighted by molar-refractivity contribution is 7.98. The summed E-state index contributed by atoms with van der Waals surface area (Å²) in [6, 6.07) is 16.5. The lowest BCUT2D eigenvalue weighted by molar-refractivity contribution is -0.147. The first kappa shape index (κ1) is 21.1. The van der Waals surface area contributed by atoms with E-state index in [0.29, 0.717) is 16.9 Å². The van der Waals surface area contributed by atoms with E-state index in [-0.39, 0.29) is 17.8 Å². The smallest absolute Gasteiger partial charge is 0.240 e. The molecule has 0 fully saturated rings. The minimum atomic E-state index is -1.60. The minimum Gasteiger partial charge on any atom is -0.457 e. The lowest BCUT2D eigenvalue weighted by Gasteiger charge is -2.41. The zero-order valence-corrected chi connectivity index (χ0v) is 19.4. The van der Waals surface area contributed by atoms with Gasteiger partial charge in [0.15, 0.2) is 0 Å². The van der Waals surface area contributed by atoms with Gasteiger partial charge in [0.25, 0.3) is 0 Å². The van der Waals surface area contributed by atoms with E-state index in [1.807, 2.05) is 42.7 Å². The standard InChI is InChI=1S/C27H26FNO2S/c1-16-14-26(2,3)29-21-11-10-19-20-13-18(28)9-12-22(20)31-27(30,25(19)24(16)21)15-17-7-5-6-8-23(17)32-4/h5-14,29-30H,15H2,1-4H3. The van der Waals surface area contributed by atoms with Crippen molar-refractivity contribution in [1.29, 1.82) is 0 Å². The molecule has 2 aliphatic rings. The van der Waals surface area contributed by atoms with Crippen LogP contribution in [0.1, 0.15) is 37.5 Å². The number of nitrogens with one attached hydrogen (secondary N) is 1. The van der Waals surface area contributed by atoms with Crippen LogP contribution in [0.5, 0.6) is 5.75 Å². The first-order valence-electron chi connectivity index (χ1n) is 10.7. The molecule has 5 rings (SSSR count). The second-order valence-corrected chi connectivity index (χ2v) is 9.95. The Bertz CT molecular complexity index is 1270. The van der Waals surface area contributed by atoms with E-state index >= 15 is 0 Å². The molecule has 3 nitrogen and oxygen atoms in total. The molecule has 2 N–H and O–H groups in total. The van der Waals surface area contributed by atoms with Crippen molar-refractivity contribution in [1.82, 2.24) is 0 Å². The number of rotatable bonds is 3. The van der Waals surface area contributed by atoms with Gasteiger partial charge < -0.3 is 15.2 Å². The van der Waals surface area contributed by atoms with Crippen LogP contribution in [-0.2, 0) is 12.2 Å². The van der Waals surface area contributed by atoms with E-state index in [9.17, 15) is 9.50 Å². The highest BCUT2D eigenvalue weighted by atomic mass is 32.2. The van der Waals surface area contributed by atoms with Crippen LogP contribution in [0.15, 0.2) is 65.6 Å². The molecular formula is C27H26FNO2S. The molecule has 0 amide bonds. The van der Waals surface area contributed by atoms with Crippen LogP contribution >= 0.6 is 11.8 Å². The van der Waals surface area contributed by atoms with Crippen LogP contribution in [0.4, 0.5) is 10.1 Å². The Morgan fingerprint density at radius 2 is 1.84 bits per heavy atom. The fourth-order valence-electron chi connectivity index (χ4n) is 5.01. The molecule has 0 radical (unpaired) electrons. The molecule has 0 aliphatic carbocycles. The Morgan fingerprint density at radius 3 is 2.62 bits per heavy atom. The van der Waals surface area contributed by atoms with Gasteiger partial charge in [0.05, 0.1) is 5.54 Å². The maximum Gasteiger partial charge on any atom is 0.240 e. The summed E-state index contributed by atoms with van der Waals surface area (Å²) in [5, 5.41) is 15.7. The molecule has 2 heterocycles. The molecular weight excluding hydrogens is 421 g/mol. The van der Waals surface area contributed by atoms with Gasteiger partial charge in [0.2, 0.25) is 5.79 Å². The third-order valence-electron chi connectivity index (χ3n) is 6.16. The minimum absolute atomic E-state index is 0.214. The van der Waals surface area contributed by atoms with Crippen LogP contribution in [0.2, 0.25) is 0 Å². The molecule has 1 unspecified atom stereocenters. The Hall–Kier alpha value is -2.76. The quantitative estimate of drug-likeness (QED) is 0.444. The molecule has 5 heteroatoms. The molecule has 1 atom stereocenters. The summed E-state index contributed by atoms with van der Waals surface area (Å²) < 4.78 is 20.5. The highest BCUT2D eigenvalue weighted by Crippen LogP contribution is 2.51. The topological polar surface area (TPSA) is 41.5 Å². The average molecular weight is 448 g/mol. The summed E-state index contributed by atoms with van der Waals surface area (Å²) in [5.74, 6) is -1.45. The van der Waals surface area contributed by atoms with E-state index in [4.69, 9.17) is 4.74 Å². The van der Waals surface area contributed by atoms with Gasteiger partial charge in [0.1, 0.15) is 11.6 Å². The number of halogens is 1. The van der Waals surface area contributed by atoms with Crippen LogP contribution in [0.3, 0.4) is 0 Å². The maximum absolute atomic E-state index is 14.2. The molecule has 3 aromatic carbocycles. The molecule has 0 saturated heterocycles. The largest absolute Gasteiger partial charge is 0.457 e. The van der Waals surface area contributed by atoms with Crippen molar-refractivity contribution in [3.05, 3.63) is 83.2 Å². The normalized spacial score (nSPS) is 20.2. The zero-order valence-electron chi connectivity index (χ0n) is 18.6. The Balaban J connectivity index is 1.78. The van der Waals surface area contributed by atoms with Crippen LogP contribution in [0.25, 0.3) is 16.7 Å². The highest BCUT2D eigenvalue weighted by Gasteiger charge is 2.44. The fourth-order valence-corrected chi connectivity index (χ4v) is 5.63. The van der Waals surface area contributed by atoms with E-state index in [1.54, 1.807) is 17.8 Å². The average Bonchev–Trinajstić information content (AvgIpc) is 2.73. The number of allylic oxidation sites excluding steroid dienone is 1. The molecule has 32 heavy (non-hydrogen) atoms. The monoisotopic (exact) mass is 447 g/mol. The number of hydrogen-bond acceptors (Lipinski definition) is 4.